The van der Waals surface area contributed by atoms with Crippen LogP contribution in [0.2, 0.25) is 5.02 Å². The van der Waals surface area contributed by atoms with Gasteiger partial charge in [0.2, 0.25) is 0 Å². The minimum absolute atomic E-state index is 0.0542. The Kier molecular flexibility index (Phi) is 5.77. The zero-order valence-corrected chi connectivity index (χ0v) is 17.4. The van der Waals surface area contributed by atoms with E-state index in [9.17, 15) is 4.79 Å². The van der Waals surface area contributed by atoms with E-state index in [2.05, 4.69) is 29.6 Å². The van der Waals surface area contributed by atoms with Crippen LogP contribution in [-0.2, 0) is 4.74 Å². The summed E-state index contributed by atoms with van der Waals surface area (Å²) in [5.41, 5.74) is 13.1. The molecule has 1 aliphatic carbocycles. The monoisotopic (exact) mass is 418 g/mol. The van der Waals surface area contributed by atoms with Crippen LogP contribution in [0.25, 0.3) is 17.2 Å². The molecule has 30 heavy (non-hydrogen) atoms. The van der Waals surface area contributed by atoms with E-state index < -0.39 is 6.09 Å². The molecule has 0 unspecified atom stereocenters. The SMILES string of the molecule is Cc1cc(C=CCNC(=O)OCC2c3ccccc3-c3ccccc32)cc(Cl)c1N. The number of aryl methyl sites for hydroxylation is 1. The highest BCUT2D eigenvalue weighted by Crippen LogP contribution is 2.44. The quantitative estimate of drug-likeness (QED) is 0.516. The topological polar surface area (TPSA) is 64.3 Å². The summed E-state index contributed by atoms with van der Waals surface area (Å²) in [6, 6.07) is 20.3. The maximum absolute atomic E-state index is 12.2. The van der Waals surface area contributed by atoms with E-state index in [4.69, 9.17) is 22.1 Å². The molecule has 152 valence electrons. The smallest absolute Gasteiger partial charge is 0.407 e. The Morgan fingerprint density at radius 1 is 1.10 bits per heavy atom. The van der Waals surface area contributed by atoms with Crippen LogP contribution in [0.1, 0.15) is 28.2 Å². The van der Waals surface area contributed by atoms with Gasteiger partial charge < -0.3 is 15.8 Å². The lowest BCUT2D eigenvalue weighted by molar-refractivity contribution is 0.144. The molecule has 3 N–H and O–H groups in total. The van der Waals surface area contributed by atoms with Crippen molar-refractivity contribution in [2.45, 2.75) is 12.8 Å². The molecule has 0 spiro atoms. The Morgan fingerprint density at radius 3 is 2.37 bits per heavy atom. The van der Waals surface area contributed by atoms with Crippen LogP contribution in [0, 0.1) is 6.92 Å². The molecule has 0 atom stereocenters. The Bertz CT molecular complexity index is 1060. The average Bonchev–Trinajstić information content (AvgIpc) is 3.07. The lowest BCUT2D eigenvalue weighted by atomic mass is 9.98. The normalized spacial score (nSPS) is 12.6. The van der Waals surface area contributed by atoms with Gasteiger partial charge in [0, 0.05) is 12.5 Å². The third-order valence-electron chi connectivity index (χ3n) is 5.38. The van der Waals surface area contributed by atoms with Crippen molar-refractivity contribution in [3.8, 4) is 11.1 Å². The Hall–Kier alpha value is -3.24. The van der Waals surface area contributed by atoms with Crippen LogP contribution in [0.5, 0.6) is 0 Å². The molecule has 0 saturated carbocycles. The molecule has 0 bridgehead atoms. The molecule has 3 aromatic rings. The fraction of sp³-hybridized carbons (Fsp3) is 0.160. The van der Waals surface area contributed by atoms with E-state index in [1.165, 1.54) is 22.3 Å². The van der Waals surface area contributed by atoms with Crippen LogP contribution in [0.3, 0.4) is 0 Å². The third kappa shape index (κ3) is 4.05. The second-order valence-corrected chi connectivity index (χ2v) is 7.75. The highest BCUT2D eigenvalue weighted by atomic mass is 35.5. The van der Waals surface area contributed by atoms with Gasteiger partial charge in [-0.3, -0.25) is 0 Å². The molecule has 0 aromatic heterocycles. The molecular formula is C25H23ClN2O2. The minimum Gasteiger partial charge on any atom is -0.449 e. The number of alkyl carbamates (subject to hydrolysis) is 1. The number of carbonyl (C=O) groups excluding carboxylic acids is 1. The van der Waals surface area contributed by atoms with E-state index in [-0.39, 0.29) is 5.92 Å². The van der Waals surface area contributed by atoms with E-state index in [0.29, 0.717) is 23.9 Å². The molecule has 0 heterocycles. The number of nitrogens with one attached hydrogen (secondary N) is 1. The molecule has 0 aliphatic heterocycles. The molecule has 0 saturated heterocycles. The van der Waals surface area contributed by atoms with E-state index >= 15 is 0 Å². The van der Waals surface area contributed by atoms with Gasteiger partial charge in [-0.05, 0) is 52.4 Å². The summed E-state index contributed by atoms with van der Waals surface area (Å²) in [5.74, 6) is 0.0542. The predicted molar refractivity (Wildman–Crippen MR) is 123 cm³/mol. The number of ether oxygens (including phenoxy) is 1. The van der Waals surface area contributed by atoms with Gasteiger partial charge in [0.05, 0.1) is 10.7 Å². The van der Waals surface area contributed by atoms with Crippen molar-refractivity contribution < 1.29 is 9.53 Å². The Morgan fingerprint density at radius 2 is 1.73 bits per heavy atom. The van der Waals surface area contributed by atoms with Crippen LogP contribution in [-0.4, -0.2) is 19.2 Å². The number of nitrogens with two attached hydrogens (primary N) is 1. The zero-order chi connectivity index (χ0) is 21.1. The Labute approximate surface area is 181 Å². The summed E-state index contributed by atoms with van der Waals surface area (Å²) in [6.45, 7) is 2.57. The minimum atomic E-state index is -0.437. The van der Waals surface area contributed by atoms with Gasteiger partial charge in [0.25, 0.3) is 0 Å². The molecular weight excluding hydrogens is 396 g/mol. The fourth-order valence-electron chi connectivity index (χ4n) is 3.86. The zero-order valence-electron chi connectivity index (χ0n) is 16.7. The summed E-state index contributed by atoms with van der Waals surface area (Å²) in [7, 11) is 0. The molecule has 0 fully saturated rings. The summed E-state index contributed by atoms with van der Waals surface area (Å²) in [5, 5.41) is 3.29. The van der Waals surface area contributed by atoms with Gasteiger partial charge in [0.15, 0.2) is 0 Å². The summed E-state index contributed by atoms with van der Waals surface area (Å²) >= 11 is 6.11. The van der Waals surface area contributed by atoms with Crippen LogP contribution >= 0.6 is 11.6 Å². The first-order valence-corrected chi connectivity index (χ1v) is 10.2. The first kappa shape index (κ1) is 20.0. The molecule has 3 aromatic carbocycles. The molecule has 1 amide bonds. The van der Waals surface area contributed by atoms with Crippen LogP contribution < -0.4 is 11.1 Å². The number of hydrogen-bond acceptors (Lipinski definition) is 3. The number of benzene rings is 3. The average molecular weight is 419 g/mol. The summed E-state index contributed by atoms with van der Waals surface area (Å²) in [6.07, 6.45) is 3.30. The number of rotatable bonds is 5. The van der Waals surface area contributed by atoms with Gasteiger partial charge in [-0.2, -0.15) is 0 Å². The Balaban J connectivity index is 1.34. The molecule has 0 radical (unpaired) electrons. The largest absolute Gasteiger partial charge is 0.449 e. The number of anilines is 1. The van der Waals surface area contributed by atoms with Gasteiger partial charge >= 0.3 is 6.09 Å². The van der Waals surface area contributed by atoms with Gasteiger partial charge in [-0.25, -0.2) is 4.79 Å². The molecule has 1 aliphatic rings. The van der Waals surface area contributed by atoms with E-state index in [1.807, 2.05) is 49.4 Å². The van der Waals surface area contributed by atoms with E-state index in [1.54, 1.807) is 6.07 Å². The van der Waals surface area contributed by atoms with Gasteiger partial charge in [0.1, 0.15) is 6.61 Å². The van der Waals surface area contributed by atoms with Crippen molar-refractivity contribution in [1.29, 1.82) is 0 Å². The standard InChI is InChI=1S/C25H23ClN2O2/c1-16-13-17(14-23(26)24(16)27)7-6-12-28-25(29)30-15-22-20-10-4-2-8-18(20)19-9-3-5-11-21(19)22/h2-11,13-14,22H,12,15,27H2,1H3,(H,28,29). The van der Waals surface area contributed by atoms with Crippen molar-refractivity contribution in [2.75, 3.05) is 18.9 Å². The summed E-state index contributed by atoms with van der Waals surface area (Å²) < 4.78 is 5.52. The van der Waals surface area contributed by atoms with Crippen molar-refractivity contribution >= 4 is 29.5 Å². The second kappa shape index (κ2) is 8.64. The number of fused-ring (bicyclic) bond motifs is 3. The molecule has 4 nitrogen and oxygen atoms in total. The number of hydrogen-bond donors (Lipinski definition) is 2. The van der Waals surface area contributed by atoms with Gasteiger partial charge in [-0.1, -0.05) is 72.3 Å². The summed E-state index contributed by atoms with van der Waals surface area (Å²) in [4.78, 5) is 12.2. The van der Waals surface area contributed by atoms with E-state index in [0.717, 1.165) is 11.1 Å². The van der Waals surface area contributed by atoms with Crippen molar-refractivity contribution in [3.63, 3.8) is 0 Å². The third-order valence-corrected chi connectivity index (χ3v) is 5.69. The lowest BCUT2D eigenvalue weighted by Crippen LogP contribution is -2.26. The number of halogens is 1. The van der Waals surface area contributed by atoms with Crippen molar-refractivity contribution in [2.24, 2.45) is 0 Å². The highest BCUT2D eigenvalue weighted by molar-refractivity contribution is 6.33. The predicted octanol–water partition coefficient (Wildman–Crippen LogP) is 5.78. The second-order valence-electron chi connectivity index (χ2n) is 7.34. The fourth-order valence-corrected chi connectivity index (χ4v) is 4.14. The molecule has 5 heteroatoms. The maximum Gasteiger partial charge on any atom is 0.407 e. The maximum atomic E-state index is 12.2. The number of nitrogen functional groups attached to an aromatic ring is 1. The van der Waals surface area contributed by atoms with Gasteiger partial charge in [-0.15, -0.1) is 0 Å². The molecule has 4 rings (SSSR count). The van der Waals surface area contributed by atoms with Crippen LogP contribution in [0.4, 0.5) is 10.5 Å². The van der Waals surface area contributed by atoms with Crippen molar-refractivity contribution in [1.82, 2.24) is 5.32 Å². The van der Waals surface area contributed by atoms with Crippen molar-refractivity contribution in [3.05, 3.63) is 94.0 Å². The first-order valence-electron chi connectivity index (χ1n) is 9.85. The number of amides is 1. The first-order chi connectivity index (χ1) is 14.5. The lowest BCUT2D eigenvalue weighted by Gasteiger charge is -2.14. The number of carbonyl (C=O) groups is 1. The highest BCUT2D eigenvalue weighted by Gasteiger charge is 2.28. The van der Waals surface area contributed by atoms with Crippen LogP contribution in [0.15, 0.2) is 66.7 Å².